The summed E-state index contributed by atoms with van der Waals surface area (Å²) < 4.78 is 78.0. The second kappa shape index (κ2) is 16.7. The molecule has 1 heteroatoms. The molecular formula is C57H45N. The average molecular weight is 753 g/mol. The zero-order valence-corrected chi connectivity index (χ0v) is 31.8. The van der Waals surface area contributed by atoms with Crippen LogP contribution in [0.5, 0.6) is 0 Å². The maximum absolute atomic E-state index is 9.55. The van der Waals surface area contributed by atoms with Gasteiger partial charge in [0.1, 0.15) is 0 Å². The van der Waals surface area contributed by atoms with Crippen LogP contribution in [-0.4, -0.2) is 4.90 Å². The van der Waals surface area contributed by atoms with Crippen molar-refractivity contribution in [3.63, 3.8) is 0 Å². The average Bonchev–Trinajstić information content (AvgIpc) is 3.66. The molecule has 0 bridgehead atoms. The van der Waals surface area contributed by atoms with Crippen molar-refractivity contribution in [3.05, 3.63) is 295 Å². The van der Waals surface area contributed by atoms with E-state index in [9.17, 15) is 2.74 Å². The molecule has 8 rings (SSSR count). The van der Waals surface area contributed by atoms with Crippen molar-refractivity contribution in [2.24, 2.45) is 0 Å². The molecular weight excluding hydrogens is 699 g/mol. The van der Waals surface area contributed by atoms with Gasteiger partial charge >= 0.3 is 0 Å². The van der Waals surface area contributed by atoms with Crippen LogP contribution >= 0.6 is 0 Å². The van der Waals surface area contributed by atoms with Gasteiger partial charge in [-0.1, -0.05) is 214 Å². The second-order valence-corrected chi connectivity index (χ2v) is 13.7. The van der Waals surface area contributed by atoms with E-state index in [0.717, 1.165) is 67.1 Å². The summed E-state index contributed by atoms with van der Waals surface area (Å²) in [5.74, 6) is 0. The molecule has 1 nitrogen and oxygen atoms in total. The summed E-state index contributed by atoms with van der Waals surface area (Å²) in [6.07, 6.45) is 12.7. The molecule has 0 amide bonds. The van der Waals surface area contributed by atoms with E-state index in [-0.39, 0.29) is 11.3 Å². The number of fused-ring (bicyclic) bond motifs is 4. The van der Waals surface area contributed by atoms with Gasteiger partial charge in [0.05, 0.1) is 17.8 Å². The van der Waals surface area contributed by atoms with Crippen LogP contribution in [0.15, 0.2) is 262 Å². The van der Waals surface area contributed by atoms with E-state index < -0.39 is 53.3 Å². The smallest absolute Gasteiger partial charge is 0.0714 e. The van der Waals surface area contributed by atoms with Crippen molar-refractivity contribution in [1.29, 1.82) is 0 Å². The fraction of sp³-hybridized carbons (Fsp3) is 0.0175. The van der Waals surface area contributed by atoms with E-state index in [2.05, 4.69) is 79.9 Å². The number of hydrogen-bond donors (Lipinski definition) is 0. The van der Waals surface area contributed by atoms with Crippen LogP contribution in [0.25, 0.3) is 38.8 Å². The molecule has 0 radical (unpaired) electrons. The van der Waals surface area contributed by atoms with Crippen molar-refractivity contribution >= 4 is 38.8 Å². The summed E-state index contributed by atoms with van der Waals surface area (Å²) in [7, 11) is 0. The second-order valence-electron chi connectivity index (χ2n) is 13.7. The van der Waals surface area contributed by atoms with Gasteiger partial charge in [0.15, 0.2) is 0 Å². The largest absolute Gasteiger partial charge is 0.318 e. The predicted molar refractivity (Wildman–Crippen MR) is 250 cm³/mol. The lowest BCUT2D eigenvalue weighted by Crippen LogP contribution is -2.29. The van der Waals surface area contributed by atoms with Crippen molar-refractivity contribution < 1.29 is 12.3 Å². The molecule has 0 saturated carbocycles. The zero-order chi connectivity index (χ0) is 47.4. The normalized spacial score (nSPS) is 17.0. The molecule has 0 fully saturated rings. The summed E-state index contributed by atoms with van der Waals surface area (Å²) in [4.78, 5) is 1.57. The molecule has 58 heavy (non-hydrogen) atoms. The Morgan fingerprint density at radius 3 is 2.02 bits per heavy atom. The fourth-order valence-electron chi connectivity index (χ4n) is 7.95. The lowest BCUT2D eigenvalue weighted by molar-refractivity contribution is 0.613. The lowest BCUT2D eigenvalue weighted by Gasteiger charge is -2.35. The van der Waals surface area contributed by atoms with Crippen LogP contribution in [0.2, 0.25) is 0 Å². The van der Waals surface area contributed by atoms with E-state index in [1.54, 1.807) is 23.3 Å². The zero-order valence-electron chi connectivity index (χ0n) is 40.8. The molecule has 7 aromatic carbocycles. The van der Waals surface area contributed by atoms with E-state index in [1.807, 2.05) is 97.1 Å². The molecule has 0 saturated heterocycles. The van der Waals surface area contributed by atoms with Gasteiger partial charge in [-0.3, -0.25) is 0 Å². The third kappa shape index (κ3) is 6.95. The maximum Gasteiger partial charge on any atom is 0.0714 e. The van der Waals surface area contributed by atoms with Gasteiger partial charge in [-0.05, 0) is 102 Å². The molecule has 278 valence electrons. The quantitative estimate of drug-likeness (QED) is 0.0837. The number of benzene rings is 7. The van der Waals surface area contributed by atoms with Crippen LogP contribution in [0, 0.1) is 0 Å². The first-order valence-electron chi connectivity index (χ1n) is 23.6. The Hall–Kier alpha value is -7.48. The molecule has 7 aromatic rings. The monoisotopic (exact) mass is 752 g/mol. The topological polar surface area (TPSA) is 3.24 Å². The third-order valence-corrected chi connectivity index (χ3v) is 10.5. The molecule has 0 heterocycles. The van der Waals surface area contributed by atoms with Crippen molar-refractivity contribution in [1.82, 2.24) is 4.90 Å². The van der Waals surface area contributed by atoms with E-state index >= 15 is 0 Å². The Morgan fingerprint density at radius 2 is 1.33 bits per heavy atom. The first-order valence-corrected chi connectivity index (χ1v) is 18.9. The van der Waals surface area contributed by atoms with Gasteiger partial charge in [-0.2, -0.15) is 0 Å². The fourth-order valence-corrected chi connectivity index (χ4v) is 7.95. The van der Waals surface area contributed by atoms with Crippen molar-refractivity contribution in [2.45, 2.75) is 5.41 Å². The Morgan fingerprint density at radius 1 is 0.672 bits per heavy atom. The maximum atomic E-state index is 9.55. The van der Waals surface area contributed by atoms with Crippen LogP contribution in [-0.2, 0) is 5.41 Å². The van der Waals surface area contributed by atoms with Gasteiger partial charge in [0.25, 0.3) is 0 Å². The van der Waals surface area contributed by atoms with Crippen LogP contribution in [0.3, 0.4) is 0 Å². The highest BCUT2D eigenvalue weighted by Gasteiger charge is 2.46. The first-order chi connectivity index (χ1) is 32.5. The highest BCUT2D eigenvalue weighted by Crippen LogP contribution is 2.55. The molecule has 0 aromatic heterocycles. The van der Waals surface area contributed by atoms with Gasteiger partial charge in [-0.25, -0.2) is 0 Å². The first kappa shape index (κ1) is 28.0. The van der Waals surface area contributed by atoms with Crippen LogP contribution < -0.4 is 0 Å². The van der Waals surface area contributed by atoms with E-state index in [4.69, 9.17) is 9.60 Å². The molecule has 0 atom stereocenters. The van der Waals surface area contributed by atoms with Crippen LogP contribution in [0.1, 0.15) is 45.7 Å². The summed E-state index contributed by atoms with van der Waals surface area (Å²) in [5, 5.41) is 4.36. The Kier molecular flexibility index (Phi) is 8.07. The van der Waals surface area contributed by atoms with Crippen LogP contribution in [0.4, 0.5) is 0 Å². The van der Waals surface area contributed by atoms with Gasteiger partial charge in [0.2, 0.25) is 0 Å². The number of nitrogens with zero attached hydrogens (tertiary/aromatic N) is 1. The van der Waals surface area contributed by atoms with E-state index in [0.29, 0.717) is 12.3 Å². The minimum atomic E-state index is -0.854. The van der Waals surface area contributed by atoms with Crippen molar-refractivity contribution in [2.75, 3.05) is 0 Å². The summed E-state index contributed by atoms with van der Waals surface area (Å²) in [6.45, 7) is 10.1. The third-order valence-electron chi connectivity index (χ3n) is 10.5. The molecule has 0 spiro atoms. The molecule has 1 aliphatic rings. The Balaban J connectivity index is 1.35. The molecule has 1 aliphatic carbocycles. The number of hydrogen-bond acceptors (Lipinski definition) is 1. The SMILES string of the molecule is [2H]C=C(/C([2H])=C(/[2H])C(=C[2H])N(/C=C/C1=C(C=C)c2ccccc2C1(c1ccccc1)c1ccccc1)/C(C=C)=C/C=C/c1cc2ccccc2c2ccccc12)c1c([2H])c([2H])c([2H])c([2H])c1[2H]. The van der Waals surface area contributed by atoms with Gasteiger partial charge < -0.3 is 4.90 Å². The predicted octanol–water partition coefficient (Wildman–Crippen LogP) is 14.7. The molecule has 0 unspecified atom stereocenters. The minimum absolute atomic E-state index is 0.120. The minimum Gasteiger partial charge on any atom is -0.318 e. The summed E-state index contributed by atoms with van der Waals surface area (Å²) >= 11 is 0. The van der Waals surface area contributed by atoms with Gasteiger partial charge in [0, 0.05) is 17.6 Å². The Labute approximate surface area is 355 Å². The van der Waals surface area contributed by atoms with E-state index in [1.165, 1.54) is 0 Å². The Bertz CT molecular complexity index is 3250. The molecule has 0 aliphatic heterocycles. The summed E-state index contributed by atoms with van der Waals surface area (Å²) in [6, 6.07) is 42.8. The van der Waals surface area contributed by atoms with Gasteiger partial charge in [-0.15, -0.1) is 0 Å². The number of allylic oxidation sites excluding steroid dienone is 10. The molecule has 0 N–H and O–H groups in total. The summed E-state index contributed by atoms with van der Waals surface area (Å²) in [5.41, 5.74) is 5.35. The van der Waals surface area contributed by atoms with Crippen molar-refractivity contribution in [3.8, 4) is 0 Å². The number of rotatable bonds is 13. The lowest BCUT2D eigenvalue weighted by atomic mass is 9.67. The highest BCUT2D eigenvalue weighted by atomic mass is 15.1. The highest BCUT2D eigenvalue weighted by molar-refractivity contribution is 6.10. The standard InChI is InChI=1S/C57H45N/c1-5-49(31-22-26-46-41-45-25-16-17-32-51(45)53-34-19-18-33-52(46)53)58(43(4)38-37-42(3)44-23-10-7-11-24-44)40-39-56-50(6-2)54-35-20-21-36-55(54)57(56,47-27-12-8-13-28-47)48-29-14-9-15-30-48/h5-41H,1-4H2/b26-22+,38-37-,40-39+,49-31+/i3D,4D,7D,10D,11D,23D,24D,37D,38D/b26-22+,38-37-,40-39+,42-3?,43-4?,49-31+.